The first kappa shape index (κ1) is 15.4. The summed E-state index contributed by atoms with van der Waals surface area (Å²) in [6.45, 7) is 2.16. The minimum absolute atomic E-state index is 0.181. The van der Waals surface area contributed by atoms with Crippen LogP contribution in [-0.2, 0) is 12.8 Å². The molecule has 2 rings (SSSR count). The van der Waals surface area contributed by atoms with E-state index in [1.807, 2.05) is 37.3 Å². The van der Waals surface area contributed by atoms with Gasteiger partial charge in [-0.25, -0.2) is 4.79 Å². The molecule has 1 unspecified atom stereocenters. The van der Waals surface area contributed by atoms with Gasteiger partial charge in [0.2, 0.25) is 5.13 Å². The number of aromatic nitrogens is 2. The summed E-state index contributed by atoms with van der Waals surface area (Å²) < 4.78 is 0. The lowest BCUT2D eigenvalue weighted by atomic mass is 10.1. The summed E-state index contributed by atoms with van der Waals surface area (Å²) in [7, 11) is 0. The van der Waals surface area contributed by atoms with Crippen molar-refractivity contribution in [1.82, 2.24) is 15.5 Å². The van der Waals surface area contributed by atoms with Gasteiger partial charge in [0.05, 0.1) is 6.10 Å². The Kier molecular flexibility index (Phi) is 5.65. The van der Waals surface area contributed by atoms with Crippen molar-refractivity contribution in [3.05, 3.63) is 40.9 Å². The number of carbonyl (C=O) groups is 1. The third kappa shape index (κ3) is 5.13. The number of amides is 2. The van der Waals surface area contributed by atoms with E-state index in [4.69, 9.17) is 0 Å². The van der Waals surface area contributed by atoms with Crippen LogP contribution < -0.4 is 10.6 Å². The van der Waals surface area contributed by atoms with Crippen LogP contribution >= 0.6 is 11.3 Å². The second kappa shape index (κ2) is 7.70. The maximum absolute atomic E-state index is 11.7. The molecule has 0 saturated heterocycles. The van der Waals surface area contributed by atoms with Crippen molar-refractivity contribution < 1.29 is 9.90 Å². The van der Waals surface area contributed by atoms with Crippen LogP contribution in [0.25, 0.3) is 0 Å². The molecule has 2 aromatic rings. The van der Waals surface area contributed by atoms with Crippen molar-refractivity contribution in [2.45, 2.75) is 25.9 Å². The SMILES string of the molecule is CCc1nnc(NC(=O)NCC(O)Cc2ccccc2)s1. The van der Waals surface area contributed by atoms with E-state index < -0.39 is 6.10 Å². The van der Waals surface area contributed by atoms with Crippen LogP contribution in [-0.4, -0.2) is 34.0 Å². The van der Waals surface area contributed by atoms with Gasteiger partial charge >= 0.3 is 6.03 Å². The van der Waals surface area contributed by atoms with Gasteiger partial charge in [0, 0.05) is 13.0 Å². The van der Waals surface area contributed by atoms with Crippen LogP contribution in [0.5, 0.6) is 0 Å². The van der Waals surface area contributed by atoms with Crippen molar-refractivity contribution in [3.8, 4) is 0 Å². The van der Waals surface area contributed by atoms with Crippen molar-refractivity contribution >= 4 is 22.5 Å². The van der Waals surface area contributed by atoms with Crippen LogP contribution in [0.4, 0.5) is 9.93 Å². The van der Waals surface area contributed by atoms with Crippen molar-refractivity contribution in [3.63, 3.8) is 0 Å². The number of hydrogen-bond donors (Lipinski definition) is 3. The molecule has 1 aromatic heterocycles. The molecule has 0 spiro atoms. The van der Waals surface area contributed by atoms with Gasteiger partial charge in [-0.1, -0.05) is 48.6 Å². The first-order valence-electron chi connectivity index (χ1n) is 6.76. The molecule has 6 nitrogen and oxygen atoms in total. The highest BCUT2D eigenvalue weighted by molar-refractivity contribution is 7.15. The zero-order chi connectivity index (χ0) is 15.1. The Balaban J connectivity index is 1.73. The second-order valence-electron chi connectivity index (χ2n) is 4.53. The van der Waals surface area contributed by atoms with Gasteiger partial charge in [-0.05, 0) is 12.0 Å². The molecule has 1 atom stereocenters. The number of nitrogens with zero attached hydrogens (tertiary/aromatic N) is 2. The molecule has 0 fully saturated rings. The van der Waals surface area contributed by atoms with Crippen molar-refractivity contribution in [2.24, 2.45) is 0 Å². The largest absolute Gasteiger partial charge is 0.391 e. The molecule has 2 amide bonds. The summed E-state index contributed by atoms with van der Waals surface area (Å²) in [5.41, 5.74) is 1.03. The van der Waals surface area contributed by atoms with Gasteiger partial charge in [-0.15, -0.1) is 10.2 Å². The molecule has 1 heterocycles. The van der Waals surface area contributed by atoms with Crippen LogP contribution in [0.2, 0.25) is 0 Å². The van der Waals surface area contributed by atoms with E-state index in [1.54, 1.807) is 0 Å². The molecule has 0 aliphatic heterocycles. The summed E-state index contributed by atoms with van der Waals surface area (Å²) in [6, 6.07) is 9.26. The van der Waals surface area contributed by atoms with Gasteiger partial charge in [-0.2, -0.15) is 0 Å². The first-order valence-corrected chi connectivity index (χ1v) is 7.58. The number of benzene rings is 1. The smallest absolute Gasteiger partial charge is 0.321 e. The maximum Gasteiger partial charge on any atom is 0.321 e. The highest BCUT2D eigenvalue weighted by Gasteiger charge is 2.10. The molecule has 0 aliphatic carbocycles. The molecular formula is C14H18N4O2S. The van der Waals surface area contributed by atoms with Gasteiger partial charge < -0.3 is 10.4 Å². The Morgan fingerprint density at radius 2 is 2.10 bits per heavy atom. The number of urea groups is 1. The molecule has 0 bridgehead atoms. The van der Waals surface area contributed by atoms with Crippen molar-refractivity contribution in [1.29, 1.82) is 0 Å². The zero-order valence-electron chi connectivity index (χ0n) is 11.7. The fourth-order valence-corrected chi connectivity index (χ4v) is 2.43. The van der Waals surface area contributed by atoms with Gasteiger partial charge in [0.15, 0.2) is 0 Å². The van der Waals surface area contributed by atoms with Crippen LogP contribution in [0.15, 0.2) is 30.3 Å². The van der Waals surface area contributed by atoms with Crippen LogP contribution in [0, 0.1) is 0 Å². The average Bonchev–Trinajstić information content (AvgIpc) is 2.94. The Bertz CT molecular complexity index is 573. The van der Waals surface area contributed by atoms with Crippen LogP contribution in [0.1, 0.15) is 17.5 Å². The summed E-state index contributed by atoms with van der Waals surface area (Å²) in [4.78, 5) is 11.7. The summed E-state index contributed by atoms with van der Waals surface area (Å²) in [5.74, 6) is 0. The van der Waals surface area contributed by atoms with Gasteiger partial charge in [0.25, 0.3) is 0 Å². The Labute approximate surface area is 127 Å². The quantitative estimate of drug-likeness (QED) is 0.760. The molecule has 7 heteroatoms. The molecule has 1 aromatic carbocycles. The minimum atomic E-state index is -0.626. The fraction of sp³-hybridized carbons (Fsp3) is 0.357. The fourth-order valence-electron chi connectivity index (χ4n) is 1.76. The van der Waals surface area contributed by atoms with E-state index in [0.29, 0.717) is 11.6 Å². The maximum atomic E-state index is 11.7. The highest BCUT2D eigenvalue weighted by Crippen LogP contribution is 2.14. The molecule has 0 radical (unpaired) electrons. The van der Waals surface area contributed by atoms with Crippen LogP contribution in [0.3, 0.4) is 0 Å². The average molecular weight is 306 g/mol. The summed E-state index contributed by atoms with van der Waals surface area (Å²) in [5, 5.41) is 24.2. The standard InChI is InChI=1S/C14H18N4O2S/c1-2-12-17-18-14(21-12)16-13(20)15-9-11(19)8-10-6-4-3-5-7-10/h3-7,11,19H,2,8-9H2,1H3,(H2,15,16,18,20). The summed E-state index contributed by atoms with van der Waals surface area (Å²) >= 11 is 1.34. The van der Waals surface area contributed by atoms with E-state index in [2.05, 4.69) is 20.8 Å². The zero-order valence-corrected chi connectivity index (χ0v) is 12.6. The summed E-state index contributed by atoms with van der Waals surface area (Å²) in [6.07, 6.45) is 0.662. The highest BCUT2D eigenvalue weighted by atomic mass is 32.1. The Hall–Kier alpha value is -1.99. The monoisotopic (exact) mass is 306 g/mol. The van der Waals surface area contributed by atoms with Crippen molar-refractivity contribution in [2.75, 3.05) is 11.9 Å². The molecule has 21 heavy (non-hydrogen) atoms. The molecule has 0 aliphatic rings. The van der Waals surface area contributed by atoms with E-state index in [-0.39, 0.29) is 12.6 Å². The molecule has 0 saturated carbocycles. The number of rotatable bonds is 6. The first-order chi connectivity index (χ1) is 10.2. The lowest BCUT2D eigenvalue weighted by Gasteiger charge is -2.11. The van der Waals surface area contributed by atoms with E-state index in [9.17, 15) is 9.90 Å². The van der Waals surface area contributed by atoms with Gasteiger partial charge in [-0.3, -0.25) is 5.32 Å². The lowest BCUT2D eigenvalue weighted by Crippen LogP contribution is -2.36. The number of anilines is 1. The predicted molar refractivity (Wildman–Crippen MR) is 82.5 cm³/mol. The third-order valence-electron chi connectivity index (χ3n) is 2.80. The van der Waals surface area contributed by atoms with Gasteiger partial charge in [0.1, 0.15) is 5.01 Å². The normalized spacial score (nSPS) is 11.9. The number of aliphatic hydroxyl groups excluding tert-OH is 1. The predicted octanol–water partition coefficient (Wildman–Crippen LogP) is 1.83. The van der Waals surface area contributed by atoms with E-state index in [0.717, 1.165) is 17.0 Å². The number of nitrogens with one attached hydrogen (secondary N) is 2. The third-order valence-corrected chi connectivity index (χ3v) is 3.79. The number of hydrogen-bond acceptors (Lipinski definition) is 5. The molecule has 3 N–H and O–H groups in total. The van der Waals surface area contributed by atoms with E-state index >= 15 is 0 Å². The molecule has 112 valence electrons. The number of carbonyl (C=O) groups excluding carboxylic acids is 1. The van der Waals surface area contributed by atoms with E-state index in [1.165, 1.54) is 11.3 Å². The Morgan fingerprint density at radius 1 is 1.33 bits per heavy atom. The molecular weight excluding hydrogens is 288 g/mol. The topological polar surface area (TPSA) is 87.1 Å². The number of aryl methyl sites for hydroxylation is 1. The lowest BCUT2D eigenvalue weighted by molar-refractivity contribution is 0.172. The minimum Gasteiger partial charge on any atom is -0.391 e. The number of aliphatic hydroxyl groups is 1. The second-order valence-corrected chi connectivity index (χ2v) is 5.60. The Morgan fingerprint density at radius 3 is 2.76 bits per heavy atom.